The number of carbonyl (C=O) groups is 1. The third-order valence-corrected chi connectivity index (χ3v) is 3.15. The van der Waals surface area contributed by atoms with Crippen LogP contribution in [0.2, 0.25) is 0 Å². The van der Waals surface area contributed by atoms with E-state index in [-0.39, 0.29) is 6.03 Å². The van der Waals surface area contributed by atoms with Crippen molar-refractivity contribution in [3.63, 3.8) is 0 Å². The molecule has 0 radical (unpaired) electrons. The summed E-state index contributed by atoms with van der Waals surface area (Å²) in [4.78, 5) is 13.9. The van der Waals surface area contributed by atoms with E-state index in [1.807, 2.05) is 23.1 Å². The molecule has 92 valence electrons. The zero-order chi connectivity index (χ0) is 12.3. The van der Waals surface area contributed by atoms with Gasteiger partial charge in [-0.2, -0.15) is 0 Å². The number of amides is 2. The Morgan fingerprint density at radius 2 is 2.24 bits per heavy atom. The molecule has 0 aromatic heterocycles. The maximum Gasteiger partial charge on any atom is 0.321 e. The van der Waals surface area contributed by atoms with Gasteiger partial charge in [0, 0.05) is 13.1 Å². The first-order chi connectivity index (χ1) is 8.16. The van der Waals surface area contributed by atoms with Gasteiger partial charge in [-0.3, -0.25) is 0 Å². The van der Waals surface area contributed by atoms with Crippen molar-refractivity contribution in [1.29, 1.82) is 0 Å². The number of hydrogen-bond donors (Lipinski definition) is 2. The van der Waals surface area contributed by atoms with Gasteiger partial charge in [-0.05, 0) is 30.9 Å². The highest BCUT2D eigenvalue weighted by Crippen LogP contribution is 2.20. The van der Waals surface area contributed by atoms with Gasteiger partial charge in [0.25, 0.3) is 0 Å². The number of likely N-dealkylation sites (tertiary alicyclic amines) is 1. The first-order valence-corrected chi connectivity index (χ1v) is 6.07. The number of nitrogens with two attached hydrogens (primary N) is 1. The van der Waals surface area contributed by atoms with Gasteiger partial charge in [-0.15, -0.1) is 0 Å². The van der Waals surface area contributed by atoms with E-state index in [4.69, 9.17) is 5.73 Å². The first kappa shape index (κ1) is 11.8. The molecule has 1 heterocycles. The standard InChI is InChI=1S/C13H19N3O/c1-10-5-4-8-16(9-10)13(17)15-12-7-3-2-6-11(12)14/h2-3,6-7,10H,4-5,8-9,14H2,1H3,(H,15,17). The van der Waals surface area contributed by atoms with Crippen LogP contribution >= 0.6 is 0 Å². The van der Waals surface area contributed by atoms with Gasteiger partial charge in [0.05, 0.1) is 11.4 Å². The second-order valence-corrected chi connectivity index (χ2v) is 4.71. The fraction of sp³-hybridized carbons (Fsp3) is 0.462. The number of hydrogen-bond acceptors (Lipinski definition) is 2. The van der Waals surface area contributed by atoms with Crippen molar-refractivity contribution in [3.05, 3.63) is 24.3 Å². The number of para-hydroxylation sites is 2. The van der Waals surface area contributed by atoms with Crippen LogP contribution in [-0.2, 0) is 0 Å². The summed E-state index contributed by atoms with van der Waals surface area (Å²) in [6, 6.07) is 7.28. The molecular weight excluding hydrogens is 214 g/mol. The Balaban J connectivity index is 1.99. The molecule has 2 rings (SSSR count). The van der Waals surface area contributed by atoms with Crippen LogP contribution in [0.5, 0.6) is 0 Å². The third kappa shape index (κ3) is 2.90. The number of nitrogen functional groups attached to an aromatic ring is 1. The molecule has 1 unspecified atom stereocenters. The Kier molecular flexibility index (Phi) is 3.52. The Hall–Kier alpha value is -1.71. The topological polar surface area (TPSA) is 58.4 Å². The predicted molar refractivity (Wildman–Crippen MR) is 69.8 cm³/mol. The average molecular weight is 233 g/mol. The van der Waals surface area contributed by atoms with E-state index in [1.165, 1.54) is 6.42 Å². The van der Waals surface area contributed by atoms with Crippen LogP contribution in [0.1, 0.15) is 19.8 Å². The molecule has 1 saturated heterocycles. The summed E-state index contributed by atoms with van der Waals surface area (Å²) < 4.78 is 0. The van der Waals surface area contributed by atoms with E-state index in [0.717, 1.165) is 19.5 Å². The highest BCUT2D eigenvalue weighted by Gasteiger charge is 2.21. The predicted octanol–water partition coefficient (Wildman–Crippen LogP) is 2.53. The number of piperidine rings is 1. The van der Waals surface area contributed by atoms with Crippen LogP contribution in [-0.4, -0.2) is 24.0 Å². The molecule has 2 amide bonds. The molecule has 17 heavy (non-hydrogen) atoms. The Morgan fingerprint density at radius 1 is 1.47 bits per heavy atom. The van der Waals surface area contributed by atoms with Crippen LogP contribution in [0.25, 0.3) is 0 Å². The molecule has 1 aromatic carbocycles. The van der Waals surface area contributed by atoms with Gasteiger partial charge in [0.2, 0.25) is 0 Å². The Bertz CT molecular complexity index is 405. The maximum atomic E-state index is 12.0. The fourth-order valence-corrected chi connectivity index (χ4v) is 2.18. The van der Waals surface area contributed by atoms with Crippen molar-refractivity contribution >= 4 is 17.4 Å². The third-order valence-electron chi connectivity index (χ3n) is 3.15. The second kappa shape index (κ2) is 5.08. The average Bonchev–Trinajstić information content (AvgIpc) is 2.32. The van der Waals surface area contributed by atoms with Gasteiger partial charge in [-0.1, -0.05) is 19.1 Å². The molecule has 1 aliphatic rings. The smallest absolute Gasteiger partial charge is 0.321 e. The van der Waals surface area contributed by atoms with Crippen LogP contribution in [0.3, 0.4) is 0 Å². The number of anilines is 2. The molecule has 1 aliphatic heterocycles. The van der Waals surface area contributed by atoms with Crippen LogP contribution < -0.4 is 11.1 Å². The Labute approximate surface area is 102 Å². The maximum absolute atomic E-state index is 12.0. The number of carbonyl (C=O) groups excluding carboxylic acids is 1. The SMILES string of the molecule is CC1CCCN(C(=O)Nc2ccccc2N)C1. The number of nitrogens with one attached hydrogen (secondary N) is 1. The van der Waals surface area contributed by atoms with Gasteiger partial charge in [0.15, 0.2) is 0 Å². The molecular formula is C13H19N3O. The molecule has 0 bridgehead atoms. The lowest BCUT2D eigenvalue weighted by atomic mass is 10.0. The molecule has 1 fully saturated rings. The quantitative estimate of drug-likeness (QED) is 0.732. The van der Waals surface area contributed by atoms with Crippen molar-refractivity contribution in [1.82, 2.24) is 4.90 Å². The van der Waals surface area contributed by atoms with Crippen molar-refractivity contribution in [2.24, 2.45) is 5.92 Å². The van der Waals surface area contributed by atoms with E-state index < -0.39 is 0 Å². The lowest BCUT2D eigenvalue weighted by Gasteiger charge is -2.31. The largest absolute Gasteiger partial charge is 0.397 e. The van der Waals surface area contributed by atoms with Gasteiger partial charge < -0.3 is 16.0 Å². The van der Waals surface area contributed by atoms with E-state index in [0.29, 0.717) is 17.3 Å². The van der Waals surface area contributed by atoms with Crippen molar-refractivity contribution in [3.8, 4) is 0 Å². The lowest BCUT2D eigenvalue weighted by Crippen LogP contribution is -2.41. The number of rotatable bonds is 1. The van der Waals surface area contributed by atoms with E-state index in [9.17, 15) is 4.79 Å². The molecule has 0 aliphatic carbocycles. The van der Waals surface area contributed by atoms with Crippen LogP contribution in [0.4, 0.5) is 16.2 Å². The van der Waals surface area contributed by atoms with Crippen molar-refractivity contribution < 1.29 is 4.79 Å². The Morgan fingerprint density at radius 3 is 2.94 bits per heavy atom. The van der Waals surface area contributed by atoms with Crippen molar-refractivity contribution in [2.75, 3.05) is 24.1 Å². The van der Waals surface area contributed by atoms with Gasteiger partial charge >= 0.3 is 6.03 Å². The molecule has 1 aromatic rings. The minimum atomic E-state index is -0.0468. The van der Waals surface area contributed by atoms with E-state index in [2.05, 4.69) is 12.2 Å². The van der Waals surface area contributed by atoms with Crippen LogP contribution in [0.15, 0.2) is 24.3 Å². The molecule has 0 spiro atoms. The summed E-state index contributed by atoms with van der Waals surface area (Å²) in [6.45, 7) is 3.85. The summed E-state index contributed by atoms with van der Waals surface area (Å²) in [5.74, 6) is 0.586. The first-order valence-electron chi connectivity index (χ1n) is 6.07. The zero-order valence-electron chi connectivity index (χ0n) is 10.1. The summed E-state index contributed by atoms with van der Waals surface area (Å²) in [7, 11) is 0. The fourth-order valence-electron chi connectivity index (χ4n) is 2.18. The number of urea groups is 1. The summed E-state index contributed by atoms with van der Waals surface area (Å²) in [5.41, 5.74) is 7.09. The highest BCUT2D eigenvalue weighted by molar-refractivity contribution is 5.92. The highest BCUT2D eigenvalue weighted by atomic mass is 16.2. The minimum Gasteiger partial charge on any atom is -0.397 e. The normalized spacial score (nSPS) is 20.1. The summed E-state index contributed by atoms with van der Waals surface area (Å²) >= 11 is 0. The lowest BCUT2D eigenvalue weighted by molar-refractivity contribution is 0.182. The number of nitrogens with zero attached hydrogens (tertiary/aromatic N) is 1. The minimum absolute atomic E-state index is 0.0468. The van der Waals surface area contributed by atoms with Gasteiger partial charge in [-0.25, -0.2) is 4.79 Å². The summed E-state index contributed by atoms with van der Waals surface area (Å²) in [6.07, 6.45) is 2.29. The van der Waals surface area contributed by atoms with Gasteiger partial charge in [0.1, 0.15) is 0 Å². The second-order valence-electron chi connectivity index (χ2n) is 4.71. The van der Waals surface area contributed by atoms with Crippen molar-refractivity contribution in [2.45, 2.75) is 19.8 Å². The summed E-state index contributed by atoms with van der Waals surface area (Å²) in [5, 5.41) is 2.86. The molecule has 1 atom stereocenters. The molecule has 3 N–H and O–H groups in total. The number of benzene rings is 1. The molecule has 0 saturated carbocycles. The van der Waals surface area contributed by atoms with Crippen LogP contribution in [0, 0.1) is 5.92 Å². The van der Waals surface area contributed by atoms with E-state index in [1.54, 1.807) is 6.07 Å². The van der Waals surface area contributed by atoms with E-state index >= 15 is 0 Å². The molecule has 4 nitrogen and oxygen atoms in total. The zero-order valence-corrected chi connectivity index (χ0v) is 10.1. The molecule has 4 heteroatoms. The monoisotopic (exact) mass is 233 g/mol.